The fraction of sp³-hybridized carbons (Fsp3) is 1.00. The lowest BCUT2D eigenvalue weighted by Crippen LogP contribution is -2.19. The molecule has 0 saturated heterocycles. The van der Waals surface area contributed by atoms with E-state index in [1.165, 1.54) is 0 Å². The van der Waals surface area contributed by atoms with Crippen molar-refractivity contribution in [3.05, 3.63) is 0 Å². The summed E-state index contributed by atoms with van der Waals surface area (Å²) in [5.74, 6) is 0. The molecule has 1 radical (unpaired) electrons. The van der Waals surface area contributed by atoms with Crippen molar-refractivity contribution in [1.29, 1.82) is 0 Å². The minimum absolute atomic E-state index is 0.901. The number of hydrogen-bond acceptors (Lipinski definition) is 2. The number of halogens is 2. The quantitative estimate of drug-likeness (QED) is 0.560. The molecule has 0 aromatic rings. The van der Waals surface area contributed by atoms with Gasteiger partial charge in [-0.25, -0.2) is 0 Å². The standard InChI is InChI=1S/C2H3Cl2O3S/c1-2(3,4)8(5,6)7/h1H3. The molecule has 0 spiro atoms. The summed E-state index contributed by atoms with van der Waals surface area (Å²) in [6.45, 7) is 0.901. The summed E-state index contributed by atoms with van der Waals surface area (Å²) in [6, 6.07) is 0. The van der Waals surface area contributed by atoms with E-state index in [0.29, 0.717) is 0 Å². The van der Waals surface area contributed by atoms with Gasteiger partial charge in [0, 0.05) is 0 Å². The molecule has 6 heteroatoms. The highest BCUT2D eigenvalue weighted by Gasteiger charge is 2.34. The van der Waals surface area contributed by atoms with Crippen molar-refractivity contribution in [2.24, 2.45) is 0 Å². The molecule has 0 rings (SSSR count). The maximum absolute atomic E-state index is 9.83. The Labute approximate surface area is 57.3 Å². The lowest BCUT2D eigenvalue weighted by molar-refractivity contribution is 0.409. The van der Waals surface area contributed by atoms with Gasteiger partial charge in [0.25, 0.3) is 0 Å². The van der Waals surface area contributed by atoms with Gasteiger partial charge in [-0.15, -0.1) is 0 Å². The third-order valence-corrected chi connectivity index (χ3v) is 2.45. The molecule has 0 bridgehead atoms. The van der Waals surface area contributed by atoms with E-state index in [1.54, 1.807) is 0 Å². The fourth-order valence-corrected chi connectivity index (χ4v) is 0. The highest BCUT2D eigenvalue weighted by Crippen LogP contribution is 2.25. The van der Waals surface area contributed by atoms with E-state index in [-0.39, 0.29) is 0 Å². The first-order valence-corrected chi connectivity index (χ1v) is 3.75. The Balaban J connectivity index is 4.53. The summed E-state index contributed by atoms with van der Waals surface area (Å²) < 4.78 is 27.3. The molecule has 0 aromatic heterocycles. The predicted molar refractivity (Wildman–Crippen MR) is 29.7 cm³/mol. The molecule has 0 amide bonds. The summed E-state index contributed by atoms with van der Waals surface area (Å²) in [4.78, 5) is 0. The van der Waals surface area contributed by atoms with Crippen LogP contribution < -0.4 is 0 Å². The van der Waals surface area contributed by atoms with Gasteiger partial charge in [-0.1, -0.05) is 27.8 Å². The largest absolute Gasteiger partial charge is 0.328 e. The van der Waals surface area contributed by atoms with Crippen molar-refractivity contribution in [3.8, 4) is 0 Å². The highest BCUT2D eigenvalue weighted by atomic mass is 35.5. The van der Waals surface area contributed by atoms with E-state index in [0.717, 1.165) is 6.92 Å². The third kappa shape index (κ3) is 2.17. The van der Waals surface area contributed by atoms with Crippen molar-refractivity contribution >= 4 is 33.3 Å². The maximum atomic E-state index is 9.83. The van der Waals surface area contributed by atoms with Gasteiger partial charge in [0.05, 0.1) is 0 Å². The second-order valence-corrected chi connectivity index (χ2v) is 5.14. The Morgan fingerprint density at radius 1 is 1.38 bits per heavy atom. The van der Waals surface area contributed by atoms with E-state index < -0.39 is 13.8 Å². The second kappa shape index (κ2) is 2.02. The zero-order valence-electron chi connectivity index (χ0n) is 3.89. The Morgan fingerprint density at radius 3 is 1.50 bits per heavy atom. The van der Waals surface area contributed by atoms with Crippen LogP contribution in [0.4, 0.5) is 0 Å². The molecule has 0 aliphatic rings. The van der Waals surface area contributed by atoms with E-state index >= 15 is 0 Å². The summed E-state index contributed by atoms with van der Waals surface area (Å²) in [6.07, 6.45) is 0. The SMILES string of the molecule is CC(Cl)(Cl)S([O])(=O)=O. The van der Waals surface area contributed by atoms with E-state index in [2.05, 4.69) is 0 Å². The minimum atomic E-state index is -4.56. The van der Waals surface area contributed by atoms with Crippen LogP contribution in [0.25, 0.3) is 0 Å². The molecular weight excluding hydrogens is 175 g/mol. The summed E-state index contributed by atoms with van der Waals surface area (Å²) in [5, 5.41) is 0. The second-order valence-electron chi connectivity index (χ2n) is 1.26. The van der Waals surface area contributed by atoms with Crippen LogP contribution in [-0.2, 0) is 14.7 Å². The van der Waals surface area contributed by atoms with Crippen LogP contribution in [0.3, 0.4) is 0 Å². The Hall–Kier alpha value is 0.490. The van der Waals surface area contributed by atoms with E-state index in [4.69, 9.17) is 23.2 Å². The summed E-state index contributed by atoms with van der Waals surface area (Å²) in [7, 11) is -4.56. The van der Waals surface area contributed by atoms with Crippen molar-refractivity contribution in [2.45, 2.75) is 10.6 Å². The van der Waals surface area contributed by atoms with Crippen molar-refractivity contribution in [3.63, 3.8) is 0 Å². The first kappa shape index (κ1) is 8.49. The van der Waals surface area contributed by atoms with Gasteiger partial charge in [0.15, 0.2) is 0 Å². The van der Waals surface area contributed by atoms with Gasteiger partial charge in [-0.05, 0) is 6.92 Å². The van der Waals surface area contributed by atoms with Crippen molar-refractivity contribution < 1.29 is 13.0 Å². The smallest absolute Gasteiger partial charge is 0.194 e. The maximum Gasteiger partial charge on any atom is 0.328 e. The molecule has 0 N–H and O–H groups in total. The first-order valence-electron chi connectivity index (χ1n) is 1.58. The molecule has 49 valence electrons. The molecule has 0 unspecified atom stereocenters. The van der Waals surface area contributed by atoms with Crippen molar-refractivity contribution in [2.75, 3.05) is 0 Å². The molecule has 3 nitrogen and oxygen atoms in total. The normalized spacial score (nSPS) is 14.0. The number of alkyl halides is 2. The summed E-state index contributed by atoms with van der Waals surface area (Å²) >= 11 is 9.75. The predicted octanol–water partition coefficient (Wildman–Crippen LogP) is 0.898. The van der Waals surface area contributed by atoms with Crippen molar-refractivity contribution in [1.82, 2.24) is 0 Å². The van der Waals surface area contributed by atoms with Gasteiger partial charge in [0.2, 0.25) is 3.67 Å². The van der Waals surface area contributed by atoms with Crippen LogP contribution >= 0.6 is 23.2 Å². The Bertz CT molecular complexity index is 164. The molecular formula is C2H3Cl2O3S. The number of rotatable bonds is 1. The van der Waals surface area contributed by atoms with Gasteiger partial charge >= 0.3 is 10.1 Å². The van der Waals surface area contributed by atoms with Crippen LogP contribution in [0.1, 0.15) is 6.92 Å². The lowest BCUT2D eigenvalue weighted by Gasteiger charge is -2.04. The zero-order valence-corrected chi connectivity index (χ0v) is 6.22. The van der Waals surface area contributed by atoms with Crippen LogP contribution in [0.15, 0.2) is 0 Å². The van der Waals surface area contributed by atoms with Crippen LogP contribution in [-0.4, -0.2) is 12.1 Å². The molecule has 0 atom stereocenters. The van der Waals surface area contributed by atoms with Gasteiger partial charge in [0.1, 0.15) is 0 Å². The average molecular weight is 178 g/mol. The topological polar surface area (TPSA) is 54.0 Å². The van der Waals surface area contributed by atoms with E-state index in [9.17, 15) is 13.0 Å². The van der Waals surface area contributed by atoms with Crippen LogP contribution in [0.5, 0.6) is 0 Å². The minimum Gasteiger partial charge on any atom is -0.194 e. The molecule has 0 heterocycles. The molecule has 0 aliphatic heterocycles. The van der Waals surface area contributed by atoms with Gasteiger partial charge < -0.3 is 0 Å². The van der Waals surface area contributed by atoms with Gasteiger partial charge in [-0.3, -0.25) is 0 Å². The Kier molecular flexibility index (Phi) is 2.15. The lowest BCUT2D eigenvalue weighted by atomic mass is 10.9. The number of hydrogen-bond donors (Lipinski definition) is 0. The van der Waals surface area contributed by atoms with Crippen LogP contribution in [0, 0.1) is 0 Å². The molecule has 0 aliphatic carbocycles. The monoisotopic (exact) mass is 177 g/mol. The molecule has 0 saturated carbocycles. The highest BCUT2D eigenvalue weighted by molar-refractivity contribution is 7.90. The first-order chi connectivity index (χ1) is 3.25. The average Bonchev–Trinajstić information content (AvgIpc) is 1.25. The molecule has 0 fully saturated rings. The van der Waals surface area contributed by atoms with Crippen LogP contribution in [0.2, 0.25) is 0 Å². The fourth-order valence-electron chi connectivity index (χ4n) is 0. The molecule has 0 aromatic carbocycles. The molecule has 8 heavy (non-hydrogen) atoms. The zero-order chi connectivity index (χ0) is 7.00. The Morgan fingerprint density at radius 2 is 1.50 bits per heavy atom. The van der Waals surface area contributed by atoms with Gasteiger partial charge in [-0.2, -0.15) is 8.42 Å². The van der Waals surface area contributed by atoms with E-state index in [1.807, 2.05) is 0 Å². The summed E-state index contributed by atoms with van der Waals surface area (Å²) in [5.41, 5.74) is 0. The third-order valence-electron chi connectivity index (χ3n) is 0.439.